The maximum absolute atomic E-state index is 12.2. The van der Waals surface area contributed by atoms with Crippen molar-refractivity contribution < 1.29 is 14.3 Å². The maximum Gasteiger partial charge on any atom is 0.254 e. The number of ether oxygens (including phenoxy) is 2. The molecule has 1 aromatic carbocycles. The average molecular weight is 404 g/mol. The Morgan fingerprint density at radius 3 is 2.63 bits per heavy atom. The van der Waals surface area contributed by atoms with Gasteiger partial charge >= 0.3 is 0 Å². The van der Waals surface area contributed by atoms with Gasteiger partial charge in [-0.3, -0.25) is 9.20 Å². The third-order valence-corrected chi connectivity index (χ3v) is 4.58. The Morgan fingerprint density at radius 1 is 1.03 bits per heavy atom. The van der Waals surface area contributed by atoms with E-state index in [9.17, 15) is 4.79 Å². The van der Waals surface area contributed by atoms with E-state index in [2.05, 4.69) is 20.6 Å². The van der Waals surface area contributed by atoms with E-state index in [4.69, 9.17) is 14.5 Å². The number of carbonyl (C=O) groups excluding carboxylic acids is 1. The van der Waals surface area contributed by atoms with Gasteiger partial charge in [-0.1, -0.05) is 0 Å². The summed E-state index contributed by atoms with van der Waals surface area (Å²) in [6.45, 7) is 0. The molecule has 2 N–H and O–H groups in total. The zero-order valence-electron chi connectivity index (χ0n) is 16.7. The van der Waals surface area contributed by atoms with Crippen LogP contribution in [-0.4, -0.2) is 46.5 Å². The van der Waals surface area contributed by atoms with Gasteiger partial charge in [0.05, 0.1) is 25.5 Å². The van der Waals surface area contributed by atoms with Crippen LogP contribution in [0, 0.1) is 0 Å². The first kappa shape index (κ1) is 19.2. The molecule has 9 nitrogen and oxygen atoms in total. The molecule has 152 valence electrons. The first-order valence-electron chi connectivity index (χ1n) is 9.15. The molecule has 4 rings (SSSR count). The summed E-state index contributed by atoms with van der Waals surface area (Å²) in [4.78, 5) is 25.6. The number of methoxy groups -OCH3 is 2. The fraction of sp³-hybridized carbons (Fsp3) is 0.143. The number of hydrogen-bond donors (Lipinski definition) is 2. The third kappa shape index (κ3) is 3.48. The fourth-order valence-corrected chi connectivity index (χ4v) is 3.08. The Bertz CT molecular complexity index is 1220. The summed E-state index contributed by atoms with van der Waals surface area (Å²) in [5.74, 6) is 1.84. The minimum absolute atomic E-state index is 0.247. The van der Waals surface area contributed by atoms with Crippen molar-refractivity contribution in [3.8, 4) is 22.8 Å². The number of nitrogens with zero attached hydrogens (tertiary/aromatic N) is 4. The zero-order valence-corrected chi connectivity index (χ0v) is 16.7. The van der Waals surface area contributed by atoms with Crippen molar-refractivity contribution >= 4 is 23.3 Å². The number of amides is 1. The molecule has 0 aliphatic carbocycles. The lowest BCUT2D eigenvalue weighted by Crippen LogP contribution is -2.20. The molecule has 30 heavy (non-hydrogen) atoms. The van der Waals surface area contributed by atoms with E-state index in [0.29, 0.717) is 40.2 Å². The Labute approximate surface area is 172 Å². The van der Waals surface area contributed by atoms with Crippen LogP contribution in [0.15, 0.2) is 55.0 Å². The van der Waals surface area contributed by atoms with Gasteiger partial charge in [-0.25, -0.2) is 15.0 Å². The van der Waals surface area contributed by atoms with E-state index in [1.807, 2.05) is 24.3 Å². The average Bonchev–Trinajstić information content (AvgIpc) is 3.27. The molecular weight excluding hydrogens is 384 g/mol. The Hall–Kier alpha value is -4.14. The molecule has 0 saturated heterocycles. The van der Waals surface area contributed by atoms with E-state index in [-0.39, 0.29) is 5.91 Å². The van der Waals surface area contributed by atoms with Crippen molar-refractivity contribution in [3.63, 3.8) is 0 Å². The number of carbonyl (C=O) groups is 1. The number of rotatable bonds is 6. The molecule has 0 aliphatic heterocycles. The van der Waals surface area contributed by atoms with Crippen molar-refractivity contribution in [2.24, 2.45) is 0 Å². The lowest BCUT2D eigenvalue weighted by atomic mass is 10.1. The standard InChI is InChI=1S/C21H20N6O3/c1-22-20(28)14-5-4-8-24-19(14)26-21-25-15(12-18-23-9-10-27(18)21)13-6-7-16(29-2)17(11-13)30-3/h4-12H,1-3H3,(H,22,28)(H,24,25,26). The highest BCUT2D eigenvalue weighted by atomic mass is 16.5. The summed E-state index contributed by atoms with van der Waals surface area (Å²) < 4.78 is 12.5. The van der Waals surface area contributed by atoms with Crippen LogP contribution in [0.2, 0.25) is 0 Å². The van der Waals surface area contributed by atoms with Crippen LogP contribution in [0.5, 0.6) is 11.5 Å². The molecule has 0 atom stereocenters. The SMILES string of the molecule is CNC(=O)c1cccnc1Nc1nc(-c2ccc(OC)c(OC)c2)cc2nccn12. The quantitative estimate of drug-likeness (QED) is 0.509. The molecule has 0 unspecified atom stereocenters. The first-order chi connectivity index (χ1) is 14.6. The van der Waals surface area contributed by atoms with Gasteiger partial charge in [0.25, 0.3) is 5.91 Å². The van der Waals surface area contributed by atoms with Crippen molar-refractivity contribution in [2.75, 3.05) is 26.6 Å². The summed E-state index contributed by atoms with van der Waals surface area (Å²) in [6, 6.07) is 10.8. The van der Waals surface area contributed by atoms with Gasteiger partial charge in [-0.15, -0.1) is 0 Å². The number of hydrogen-bond acceptors (Lipinski definition) is 7. The Balaban J connectivity index is 1.81. The van der Waals surface area contributed by atoms with Crippen molar-refractivity contribution in [1.82, 2.24) is 24.7 Å². The van der Waals surface area contributed by atoms with Gasteiger partial charge < -0.3 is 20.1 Å². The second-order valence-electron chi connectivity index (χ2n) is 6.29. The maximum atomic E-state index is 12.2. The van der Waals surface area contributed by atoms with Gasteiger partial charge in [0, 0.05) is 37.3 Å². The number of benzene rings is 1. The molecule has 0 fully saturated rings. The molecule has 0 bridgehead atoms. The van der Waals surface area contributed by atoms with Crippen molar-refractivity contribution in [3.05, 3.63) is 60.6 Å². The molecule has 0 radical (unpaired) electrons. The van der Waals surface area contributed by atoms with Gasteiger partial charge in [-0.05, 0) is 30.3 Å². The summed E-state index contributed by atoms with van der Waals surface area (Å²) in [6.07, 6.45) is 5.07. The van der Waals surface area contributed by atoms with Crippen molar-refractivity contribution in [1.29, 1.82) is 0 Å². The number of imidazole rings is 1. The minimum Gasteiger partial charge on any atom is -0.493 e. The van der Waals surface area contributed by atoms with E-state index >= 15 is 0 Å². The number of fused-ring (bicyclic) bond motifs is 1. The number of pyridine rings is 1. The highest BCUT2D eigenvalue weighted by Crippen LogP contribution is 2.32. The molecule has 0 spiro atoms. The van der Waals surface area contributed by atoms with E-state index in [0.717, 1.165) is 5.56 Å². The lowest BCUT2D eigenvalue weighted by molar-refractivity contribution is 0.0963. The van der Waals surface area contributed by atoms with E-state index in [1.165, 1.54) is 0 Å². The van der Waals surface area contributed by atoms with Gasteiger partial charge in [-0.2, -0.15) is 0 Å². The summed E-state index contributed by atoms with van der Waals surface area (Å²) >= 11 is 0. The number of nitrogens with one attached hydrogen (secondary N) is 2. The summed E-state index contributed by atoms with van der Waals surface area (Å²) in [5, 5.41) is 5.78. The third-order valence-electron chi connectivity index (χ3n) is 4.58. The van der Waals surface area contributed by atoms with Crippen LogP contribution in [-0.2, 0) is 0 Å². The number of anilines is 2. The molecule has 0 saturated carbocycles. The smallest absolute Gasteiger partial charge is 0.254 e. The van der Waals surface area contributed by atoms with Crippen LogP contribution in [0.3, 0.4) is 0 Å². The van der Waals surface area contributed by atoms with E-state index in [1.54, 1.807) is 56.4 Å². The molecule has 3 heterocycles. The predicted octanol–water partition coefficient (Wildman–Crippen LogP) is 2.91. The fourth-order valence-electron chi connectivity index (χ4n) is 3.08. The molecule has 1 amide bonds. The number of aromatic nitrogens is 4. The normalized spacial score (nSPS) is 10.6. The molecule has 0 aliphatic rings. The minimum atomic E-state index is -0.247. The Morgan fingerprint density at radius 2 is 1.87 bits per heavy atom. The highest BCUT2D eigenvalue weighted by Gasteiger charge is 2.15. The lowest BCUT2D eigenvalue weighted by Gasteiger charge is -2.13. The van der Waals surface area contributed by atoms with Crippen LogP contribution in [0.25, 0.3) is 16.9 Å². The second kappa shape index (κ2) is 8.08. The van der Waals surface area contributed by atoms with Gasteiger partial charge in [0.2, 0.25) is 5.95 Å². The molecule has 4 aromatic rings. The highest BCUT2D eigenvalue weighted by molar-refractivity contribution is 5.99. The predicted molar refractivity (Wildman–Crippen MR) is 112 cm³/mol. The summed E-state index contributed by atoms with van der Waals surface area (Å²) in [5.41, 5.74) is 2.60. The molecule has 3 aromatic heterocycles. The van der Waals surface area contributed by atoms with Crippen LogP contribution in [0.4, 0.5) is 11.8 Å². The monoisotopic (exact) mass is 404 g/mol. The topological polar surface area (TPSA) is 103 Å². The van der Waals surface area contributed by atoms with Crippen LogP contribution in [0.1, 0.15) is 10.4 Å². The van der Waals surface area contributed by atoms with E-state index < -0.39 is 0 Å². The van der Waals surface area contributed by atoms with Crippen LogP contribution >= 0.6 is 0 Å². The Kier molecular flexibility index (Phi) is 5.17. The van der Waals surface area contributed by atoms with Gasteiger partial charge in [0.15, 0.2) is 11.5 Å². The second-order valence-corrected chi connectivity index (χ2v) is 6.29. The van der Waals surface area contributed by atoms with Gasteiger partial charge in [0.1, 0.15) is 11.5 Å². The molecular formula is C21H20N6O3. The largest absolute Gasteiger partial charge is 0.493 e. The first-order valence-corrected chi connectivity index (χ1v) is 9.15. The molecule has 9 heteroatoms. The zero-order chi connectivity index (χ0) is 21.1. The summed E-state index contributed by atoms with van der Waals surface area (Å²) in [7, 11) is 4.75. The van der Waals surface area contributed by atoms with Crippen LogP contribution < -0.4 is 20.1 Å². The van der Waals surface area contributed by atoms with Crippen molar-refractivity contribution in [2.45, 2.75) is 0 Å².